The number of anilines is 1. The quantitative estimate of drug-likeness (QED) is 0.628. The zero-order chi connectivity index (χ0) is 15.1. The van der Waals surface area contributed by atoms with E-state index >= 15 is 0 Å². The van der Waals surface area contributed by atoms with E-state index in [9.17, 15) is 14.4 Å². The maximum absolute atomic E-state index is 12.5. The molecule has 2 atom stereocenters. The first-order chi connectivity index (χ1) is 10.0. The van der Waals surface area contributed by atoms with Gasteiger partial charge in [0.2, 0.25) is 5.91 Å². The van der Waals surface area contributed by atoms with Crippen LogP contribution in [0.1, 0.15) is 0 Å². The summed E-state index contributed by atoms with van der Waals surface area (Å²) < 4.78 is 4.57. The highest BCUT2D eigenvalue weighted by Crippen LogP contribution is 2.31. The minimum atomic E-state index is -0.969. The van der Waals surface area contributed by atoms with E-state index in [0.29, 0.717) is 10.7 Å². The Morgan fingerprint density at radius 3 is 2.81 bits per heavy atom. The molecule has 0 spiro atoms. The largest absolute Gasteiger partial charge is 0.464 e. The van der Waals surface area contributed by atoms with Crippen LogP contribution in [0.15, 0.2) is 29.4 Å². The molecule has 3 rings (SSSR count). The lowest BCUT2D eigenvalue weighted by molar-refractivity contribution is -0.133. The lowest BCUT2D eigenvalue weighted by atomic mass is 9.99. The zero-order valence-electron chi connectivity index (χ0n) is 10.9. The van der Waals surface area contributed by atoms with Crippen molar-refractivity contribution in [3.63, 3.8) is 0 Å². The second-order valence-electron chi connectivity index (χ2n) is 4.56. The van der Waals surface area contributed by atoms with E-state index in [4.69, 9.17) is 11.6 Å². The number of carbonyl (C=O) groups is 3. The SMILES string of the molecule is COC(=O)C1=NN[C@@H]2C(=O)N(c3cccc(Cl)c3)C(=O)[C@H]12. The van der Waals surface area contributed by atoms with Gasteiger partial charge in [0.1, 0.15) is 12.0 Å². The molecule has 2 aliphatic heterocycles. The van der Waals surface area contributed by atoms with Gasteiger partial charge in [-0.15, -0.1) is 0 Å². The molecule has 1 N–H and O–H groups in total. The number of imide groups is 1. The summed E-state index contributed by atoms with van der Waals surface area (Å²) in [6.45, 7) is 0. The van der Waals surface area contributed by atoms with Crippen LogP contribution in [0.2, 0.25) is 5.02 Å². The predicted octanol–water partition coefficient (Wildman–Crippen LogP) is 0.330. The van der Waals surface area contributed by atoms with E-state index in [1.807, 2.05) is 0 Å². The first-order valence-corrected chi connectivity index (χ1v) is 6.47. The van der Waals surface area contributed by atoms with Crippen LogP contribution >= 0.6 is 11.6 Å². The number of methoxy groups -OCH3 is 1. The summed E-state index contributed by atoms with van der Waals surface area (Å²) in [5, 5.41) is 4.14. The molecule has 0 aliphatic carbocycles. The molecule has 2 heterocycles. The number of nitrogens with zero attached hydrogens (tertiary/aromatic N) is 2. The third kappa shape index (κ3) is 1.97. The molecule has 0 bridgehead atoms. The number of nitrogens with one attached hydrogen (secondary N) is 1. The van der Waals surface area contributed by atoms with E-state index in [-0.39, 0.29) is 5.71 Å². The fourth-order valence-electron chi connectivity index (χ4n) is 2.43. The zero-order valence-corrected chi connectivity index (χ0v) is 11.6. The van der Waals surface area contributed by atoms with E-state index in [0.717, 1.165) is 4.90 Å². The topological polar surface area (TPSA) is 88.1 Å². The molecule has 0 radical (unpaired) electrons. The van der Waals surface area contributed by atoms with Crippen molar-refractivity contribution in [1.82, 2.24) is 5.43 Å². The van der Waals surface area contributed by atoms with Crippen LogP contribution in [-0.4, -0.2) is 36.6 Å². The minimum absolute atomic E-state index is 0.0922. The Morgan fingerprint density at radius 1 is 1.38 bits per heavy atom. The summed E-state index contributed by atoms with van der Waals surface area (Å²) in [6.07, 6.45) is 0. The maximum atomic E-state index is 12.5. The smallest absolute Gasteiger partial charge is 0.355 e. The average Bonchev–Trinajstić information content (AvgIpc) is 3.00. The van der Waals surface area contributed by atoms with Crippen molar-refractivity contribution in [3.05, 3.63) is 29.3 Å². The fourth-order valence-corrected chi connectivity index (χ4v) is 2.62. The lowest BCUT2D eigenvalue weighted by Crippen LogP contribution is -2.36. The third-order valence-corrected chi connectivity index (χ3v) is 3.62. The highest BCUT2D eigenvalue weighted by atomic mass is 35.5. The molecule has 7 nitrogen and oxygen atoms in total. The van der Waals surface area contributed by atoms with Crippen LogP contribution in [0.5, 0.6) is 0 Å². The molecule has 0 unspecified atom stereocenters. The van der Waals surface area contributed by atoms with Gasteiger partial charge in [-0.3, -0.25) is 15.0 Å². The van der Waals surface area contributed by atoms with Crippen molar-refractivity contribution in [2.45, 2.75) is 6.04 Å². The van der Waals surface area contributed by atoms with Gasteiger partial charge in [-0.05, 0) is 18.2 Å². The van der Waals surface area contributed by atoms with Crippen molar-refractivity contribution < 1.29 is 19.1 Å². The molecule has 1 saturated heterocycles. The Bertz CT molecular complexity index is 688. The van der Waals surface area contributed by atoms with Crippen molar-refractivity contribution in [1.29, 1.82) is 0 Å². The number of hydrogen-bond acceptors (Lipinski definition) is 6. The molecule has 2 amide bonds. The van der Waals surface area contributed by atoms with E-state index < -0.39 is 29.7 Å². The maximum Gasteiger partial charge on any atom is 0.355 e. The van der Waals surface area contributed by atoms with Crippen LogP contribution in [0.4, 0.5) is 5.69 Å². The summed E-state index contributed by atoms with van der Waals surface area (Å²) in [6, 6.07) is 5.49. The standard InChI is InChI=1S/C13H10ClN3O4/c1-21-13(20)10-8-9(15-16-10)12(19)17(11(8)18)7-4-2-3-6(14)5-7/h2-5,8-9,15H,1H3/t8-,9-/m0/s1. The lowest BCUT2D eigenvalue weighted by Gasteiger charge is -2.15. The van der Waals surface area contributed by atoms with Gasteiger partial charge >= 0.3 is 5.97 Å². The van der Waals surface area contributed by atoms with Crippen LogP contribution in [0, 0.1) is 5.92 Å². The van der Waals surface area contributed by atoms with Crippen molar-refractivity contribution in [3.8, 4) is 0 Å². The molecule has 8 heteroatoms. The molecule has 1 aromatic carbocycles. The van der Waals surface area contributed by atoms with Gasteiger partial charge in [0.25, 0.3) is 5.91 Å². The van der Waals surface area contributed by atoms with Crippen LogP contribution in [-0.2, 0) is 19.1 Å². The third-order valence-electron chi connectivity index (χ3n) is 3.39. The Hall–Kier alpha value is -2.41. The average molecular weight is 308 g/mol. The van der Waals surface area contributed by atoms with Gasteiger partial charge in [-0.1, -0.05) is 17.7 Å². The molecule has 21 heavy (non-hydrogen) atoms. The number of hydrazone groups is 1. The van der Waals surface area contributed by atoms with Crippen LogP contribution < -0.4 is 10.3 Å². The van der Waals surface area contributed by atoms with Gasteiger partial charge < -0.3 is 4.74 Å². The number of benzene rings is 1. The van der Waals surface area contributed by atoms with Crippen LogP contribution in [0.3, 0.4) is 0 Å². The van der Waals surface area contributed by atoms with E-state index in [1.165, 1.54) is 13.2 Å². The Balaban J connectivity index is 1.98. The van der Waals surface area contributed by atoms with Crippen molar-refractivity contribution in [2.75, 3.05) is 12.0 Å². The highest BCUT2D eigenvalue weighted by molar-refractivity contribution is 6.46. The summed E-state index contributed by atoms with van der Waals surface area (Å²) in [4.78, 5) is 37.4. The summed E-state index contributed by atoms with van der Waals surface area (Å²) >= 11 is 5.88. The Morgan fingerprint density at radius 2 is 2.14 bits per heavy atom. The van der Waals surface area contributed by atoms with Gasteiger partial charge in [-0.2, -0.15) is 5.10 Å². The molecular formula is C13H10ClN3O4. The van der Waals surface area contributed by atoms with Gasteiger partial charge in [-0.25, -0.2) is 9.69 Å². The van der Waals surface area contributed by atoms with Crippen molar-refractivity contribution >= 4 is 40.8 Å². The fraction of sp³-hybridized carbons (Fsp3) is 0.231. The number of hydrogen-bond donors (Lipinski definition) is 1. The first-order valence-electron chi connectivity index (χ1n) is 6.09. The molecule has 0 saturated carbocycles. The number of rotatable bonds is 2. The Labute approximate surface area is 124 Å². The number of amides is 2. The van der Waals surface area contributed by atoms with Gasteiger partial charge in [0.15, 0.2) is 5.71 Å². The molecule has 0 aromatic heterocycles. The Kier molecular flexibility index (Phi) is 3.13. The van der Waals surface area contributed by atoms with E-state index in [1.54, 1.807) is 18.2 Å². The number of ether oxygens (including phenoxy) is 1. The molecule has 2 aliphatic rings. The molecule has 1 aromatic rings. The van der Waals surface area contributed by atoms with Crippen molar-refractivity contribution in [2.24, 2.45) is 11.0 Å². The number of fused-ring (bicyclic) bond motifs is 1. The predicted molar refractivity (Wildman–Crippen MR) is 73.8 cm³/mol. The molecule has 108 valence electrons. The second-order valence-corrected chi connectivity index (χ2v) is 5.00. The molecular weight excluding hydrogens is 298 g/mol. The normalized spacial score (nSPS) is 23.7. The van der Waals surface area contributed by atoms with Gasteiger partial charge in [0, 0.05) is 5.02 Å². The summed E-state index contributed by atoms with van der Waals surface area (Å²) in [7, 11) is 1.19. The summed E-state index contributed by atoms with van der Waals surface area (Å²) in [5.74, 6) is -2.70. The van der Waals surface area contributed by atoms with Crippen LogP contribution in [0.25, 0.3) is 0 Å². The minimum Gasteiger partial charge on any atom is -0.464 e. The summed E-state index contributed by atoms with van der Waals surface area (Å²) in [5.41, 5.74) is 2.79. The highest BCUT2D eigenvalue weighted by Gasteiger charge is 2.55. The number of halogens is 1. The monoisotopic (exact) mass is 307 g/mol. The number of carbonyl (C=O) groups excluding carboxylic acids is 3. The first kappa shape index (κ1) is 13.6. The van der Waals surface area contributed by atoms with E-state index in [2.05, 4.69) is 15.3 Å². The molecule has 1 fully saturated rings. The second kappa shape index (κ2) is 4.85. The van der Waals surface area contributed by atoms with Gasteiger partial charge in [0.05, 0.1) is 12.8 Å². The number of esters is 1.